The minimum atomic E-state index is -0.389. The molecular formula is C16H23N3O2. The summed E-state index contributed by atoms with van der Waals surface area (Å²) in [4.78, 5) is 14.8. The second kappa shape index (κ2) is 7.13. The summed E-state index contributed by atoms with van der Waals surface area (Å²) in [7, 11) is 0. The fourth-order valence-electron chi connectivity index (χ4n) is 2.27. The lowest BCUT2D eigenvalue weighted by Gasteiger charge is -2.08. The molecule has 0 aliphatic rings. The summed E-state index contributed by atoms with van der Waals surface area (Å²) in [6.07, 6.45) is 2.96. The van der Waals surface area contributed by atoms with E-state index in [9.17, 15) is 4.79 Å². The number of benzene rings is 1. The third-order valence-corrected chi connectivity index (χ3v) is 3.45. The average Bonchev–Trinajstić information content (AvgIpc) is 2.80. The van der Waals surface area contributed by atoms with Crippen LogP contribution in [-0.4, -0.2) is 35.3 Å². The summed E-state index contributed by atoms with van der Waals surface area (Å²) in [5, 5.41) is 15.9. The number of nitrogens with one attached hydrogen (secondary N) is 3. The zero-order chi connectivity index (χ0) is 15.2. The van der Waals surface area contributed by atoms with Crippen molar-refractivity contribution in [2.45, 2.75) is 32.8 Å². The van der Waals surface area contributed by atoms with Gasteiger partial charge in [-0.25, -0.2) is 4.79 Å². The highest BCUT2D eigenvalue weighted by molar-refractivity contribution is 5.83. The van der Waals surface area contributed by atoms with E-state index in [4.69, 9.17) is 5.11 Å². The first-order valence-electron chi connectivity index (χ1n) is 7.32. The molecule has 2 aromatic rings. The van der Waals surface area contributed by atoms with Gasteiger partial charge in [0.1, 0.15) is 0 Å². The number of H-pyrrole nitrogens is 1. The van der Waals surface area contributed by atoms with Gasteiger partial charge in [-0.2, -0.15) is 0 Å². The molecule has 4 N–H and O–H groups in total. The summed E-state index contributed by atoms with van der Waals surface area (Å²) in [5.74, 6) is 0. The molecule has 0 saturated carbocycles. The third-order valence-electron chi connectivity index (χ3n) is 3.45. The SMILES string of the molecule is Cc1ccc2c(CCNC(=O)NCCC(C)O)c[nH]c2c1. The van der Waals surface area contributed by atoms with E-state index in [1.54, 1.807) is 6.92 Å². The van der Waals surface area contributed by atoms with Crippen LogP contribution in [0.2, 0.25) is 0 Å². The van der Waals surface area contributed by atoms with Crippen molar-refractivity contribution >= 4 is 16.9 Å². The van der Waals surface area contributed by atoms with Gasteiger partial charge in [-0.1, -0.05) is 12.1 Å². The first-order valence-corrected chi connectivity index (χ1v) is 7.32. The molecule has 0 saturated heterocycles. The highest BCUT2D eigenvalue weighted by atomic mass is 16.3. The number of aromatic nitrogens is 1. The van der Waals surface area contributed by atoms with Gasteiger partial charge >= 0.3 is 6.03 Å². The first-order chi connectivity index (χ1) is 10.1. The van der Waals surface area contributed by atoms with Crippen LogP contribution in [0.5, 0.6) is 0 Å². The Labute approximate surface area is 124 Å². The normalized spacial score (nSPS) is 12.3. The number of aliphatic hydroxyl groups excluding tert-OH is 1. The molecule has 1 aromatic heterocycles. The first kappa shape index (κ1) is 15.4. The molecule has 1 aromatic carbocycles. The molecule has 0 bridgehead atoms. The Kier molecular flexibility index (Phi) is 5.22. The van der Waals surface area contributed by atoms with Crippen LogP contribution in [0.25, 0.3) is 10.9 Å². The quantitative estimate of drug-likeness (QED) is 0.657. The van der Waals surface area contributed by atoms with E-state index in [0.29, 0.717) is 19.5 Å². The van der Waals surface area contributed by atoms with Crippen molar-refractivity contribution in [3.05, 3.63) is 35.5 Å². The Morgan fingerprint density at radius 1 is 1.33 bits per heavy atom. The van der Waals surface area contributed by atoms with Crippen molar-refractivity contribution in [2.24, 2.45) is 0 Å². The Hall–Kier alpha value is -2.01. The smallest absolute Gasteiger partial charge is 0.314 e. The van der Waals surface area contributed by atoms with Gasteiger partial charge in [0.05, 0.1) is 6.10 Å². The maximum Gasteiger partial charge on any atom is 0.314 e. The minimum absolute atomic E-state index is 0.189. The fourth-order valence-corrected chi connectivity index (χ4v) is 2.27. The molecule has 5 heteroatoms. The van der Waals surface area contributed by atoms with Crippen molar-refractivity contribution in [3.8, 4) is 0 Å². The van der Waals surface area contributed by atoms with Gasteiger partial charge in [-0.3, -0.25) is 0 Å². The van der Waals surface area contributed by atoms with Crippen LogP contribution in [0, 0.1) is 6.92 Å². The highest BCUT2D eigenvalue weighted by Crippen LogP contribution is 2.19. The molecule has 0 aliphatic carbocycles. The number of aromatic amines is 1. The third kappa shape index (κ3) is 4.49. The molecular weight excluding hydrogens is 266 g/mol. The number of rotatable bonds is 6. The number of hydrogen-bond acceptors (Lipinski definition) is 2. The zero-order valence-electron chi connectivity index (χ0n) is 12.6. The summed E-state index contributed by atoms with van der Waals surface area (Å²) >= 11 is 0. The van der Waals surface area contributed by atoms with Gasteiger partial charge in [0.25, 0.3) is 0 Å². The average molecular weight is 289 g/mol. The van der Waals surface area contributed by atoms with Crippen LogP contribution in [-0.2, 0) is 6.42 Å². The second-order valence-electron chi connectivity index (χ2n) is 5.43. The topological polar surface area (TPSA) is 77.2 Å². The van der Waals surface area contributed by atoms with E-state index in [2.05, 4.69) is 40.7 Å². The van der Waals surface area contributed by atoms with Gasteiger partial charge in [0.15, 0.2) is 0 Å². The molecule has 0 spiro atoms. The van der Waals surface area contributed by atoms with Gasteiger partial charge < -0.3 is 20.7 Å². The van der Waals surface area contributed by atoms with Gasteiger partial charge in [-0.05, 0) is 43.9 Å². The fraction of sp³-hybridized carbons (Fsp3) is 0.438. The summed E-state index contributed by atoms with van der Waals surface area (Å²) in [6, 6.07) is 6.13. The zero-order valence-corrected chi connectivity index (χ0v) is 12.6. The molecule has 2 amide bonds. The Morgan fingerprint density at radius 3 is 2.86 bits per heavy atom. The van der Waals surface area contributed by atoms with Crippen LogP contribution in [0.1, 0.15) is 24.5 Å². The molecule has 2 rings (SSSR count). The predicted octanol–water partition coefficient (Wildman–Crippen LogP) is 2.09. The van der Waals surface area contributed by atoms with E-state index in [-0.39, 0.29) is 12.1 Å². The second-order valence-corrected chi connectivity index (χ2v) is 5.43. The molecule has 1 heterocycles. The van der Waals surface area contributed by atoms with Gasteiger partial charge in [0.2, 0.25) is 0 Å². The highest BCUT2D eigenvalue weighted by Gasteiger charge is 2.05. The molecule has 0 radical (unpaired) electrons. The number of fused-ring (bicyclic) bond motifs is 1. The van der Waals surface area contributed by atoms with Crippen LogP contribution >= 0.6 is 0 Å². The van der Waals surface area contributed by atoms with Crippen LogP contribution in [0.3, 0.4) is 0 Å². The van der Waals surface area contributed by atoms with Crippen LogP contribution in [0.4, 0.5) is 4.79 Å². The van der Waals surface area contributed by atoms with Crippen LogP contribution < -0.4 is 10.6 Å². The summed E-state index contributed by atoms with van der Waals surface area (Å²) in [5.41, 5.74) is 3.56. The molecule has 114 valence electrons. The molecule has 1 atom stereocenters. The van der Waals surface area contributed by atoms with Crippen LogP contribution in [0.15, 0.2) is 24.4 Å². The largest absolute Gasteiger partial charge is 0.393 e. The number of amides is 2. The number of urea groups is 1. The number of carbonyl (C=O) groups excluding carboxylic acids is 1. The molecule has 1 unspecified atom stereocenters. The van der Waals surface area contributed by atoms with E-state index < -0.39 is 0 Å². The Bertz CT molecular complexity index is 605. The number of carbonyl (C=O) groups is 1. The Morgan fingerprint density at radius 2 is 2.10 bits per heavy atom. The van der Waals surface area contributed by atoms with Crippen molar-refractivity contribution < 1.29 is 9.90 Å². The summed E-state index contributed by atoms with van der Waals surface area (Å²) in [6.45, 7) is 4.84. The molecule has 0 fully saturated rings. The van der Waals surface area contributed by atoms with E-state index in [1.165, 1.54) is 16.5 Å². The molecule has 0 aliphatic heterocycles. The van der Waals surface area contributed by atoms with Crippen molar-refractivity contribution in [1.82, 2.24) is 15.6 Å². The predicted molar refractivity (Wildman–Crippen MR) is 84.4 cm³/mol. The molecule has 21 heavy (non-hydrogen) atoms. The maximum absolute atomic E-state index is 11.5. The van der Waals surface area contributed by atoms with E-state index in [0.717, 1.165) is 11.9 Å². The van der Waals surface area contributed by atoms with Crippen molar-refractivity contribution in [3.63, 3.8) is 0 Å². The van der Waals surface area contributed by atoms with Gasteiger partial charge in [-0.15, -0.1) is 0 Å². The Balaban J connectivity index is 1.78. The van der Waals surface area contributed by atoms with Crippen molar-refractivity contribution in [1.29, 1.82) is 0 Å². The number of aryl methyl sites for hydroxylation is 1. The number of aliphatic hydroxyl groups is 1. The lowest BCUT2D eigenvalue weighted by molar-refractivity contribution is 0.183. The lowest BCUT2D eigenvalue weighted by atomic mass is 10.1. The molecule has 5 nitrogen and oxygen atoms in total. The van der Waals surface area contributed by atoms with E-state index >= 15 is 0 Å². The van der Waals surface area contributed by atoms with Crippen molar-refractivity contribution in [2.75, 3.05) is 13.1 Å². The monoisotopic (exact) mass is 289 g/mol. The maximum atomic E-state index is 11.5. The summed E-state index contributed by atoms with van der Waals surface area (Å²) < 4.78 is 0. The number of hydrogen-bond donors (Lipinski definition) is 4. The van der Waals surface area contributed by atoms with E-state index in [1.807, 2.05) is 6.20 Å². The van der Waals surface area contributed by atoms with Gasteiger partial charge in [0, 0.05) is 30.2 Å². The minimum Gasteiger partial charge on any atom is -0.393 e. The standard InChI is InChI=1S/C16H23N3O2/c1-11-3-4-14-13(10-19-15(14)9-11)6-8-18-16(21)17-7-5-12(2)20/h3-4,9-10,12,19-20H,5-8H2,1-2H3,(H2,17,18,21). The lowest BCUT2D eigenvalue weighted by Crippen LogP contribution is -2.37.